The van der Waals surface area contributed by atoms with Gasteiger partial charge in [-0.05, 0) is 55.7 Å². The fourth-order valence-corrected chi connectivity index (χ4v) is 2.92. The summed E-state index contributed by atoms with van der Waals surface area (Å²) >= 11 is 0. The number of rotatable bonds is 12. The van der Waals surface area contributed by atoms with Gasteiger partial charge in [-0.25, -0.2) is 4.79 Å². The number of ether oxygens (including phenoxy) is 1. The van der Waals surface area contributed by atoms with Crippen LogP contribution in [0.2, 0.25) is 0 Å². The van der Waals surface area contributed by atoms with Crippen molar-refractivity contribution >= 4 is 5.97 Å². The van der Waals surface area contributed by atoms with Crippen molar-refractivity contribution in [1.29, 1.82) is 0 Å². The van der Waals surface area contributed by atoms with Crippen LogP contribution in [0.25, 0.3) is 0 Å². The number of esters is 1. The van der Waals surface area contributed by atoms with E-state index in [1.165, 1.54) is 31.3 Å². The Kier molecular flexibility index (Phi) is 29.1. The summed E-state index contributed by atoms with van der Waals surface area (Å²) in [5.41, 5.74) is 3.90. The van der Waals surface area contributed by atoms with E-state index < -0.39 is 0 Å². The second-order valence-electron chi connectivity index (χ2n) is 8.28. The molecule has 1 aromatic carbocycles. The average molecular weight is 476 g/mol. The lowest BCUT2D eigenvalue weighted by molar-refractivity contribution is 0.0503. The highest BCUT2D eigenvalue weighted by Gasteiger charge is 2.12. The normalized spacial score (nSPS) is 10.0. The number of aryl methyl sites for hydroxylation is 2. The van der Waals surface area contributed by atoms with Crippen LogP contribution in [0.3, 0.4) is 0 Å². The Morgan fingerprint density at radius 1 is 1.03 bits per heavy atom. The first-order valence-electron chi connectivity index (χ1n) is 13.1. The number of carbonyl (C=O) groups is 1. The monoisotopic (exact) mass is 475 g/mol. The number of allylic oxidation sites excluding steroid dienone is 4. The maximum Gasteiger partial charge on any atom is 0.338 e. The first-order valence-corrected chi connectivity index (χ1v) is 13.1. The van der Waals surface area contributed by atoms with Crippen LogP contribution in [-0.2, 0) is 4.74 Å². The molecule has 1 aromatic rings. The highest BCUT2D eigenvalue weighted by Crippen LogP contribution is 2.14. The predicted molar refractivity (Wildman–Crippen MR) is 153 cm³/mol. The predicted octanol–water partition coefficient (Wildman–Crippen LogP) is 8.91. The van der Waals surface area contributed by atoms with E-state index in [1.807, 2.05) is 65.0 Å². The van der Waals surface area contributed by atoms with Gasteiger partial charge in [0.15, 0.2) is 0 Å². The van der Waals surface area contributed by atoms with Gasteiger partial charge in [-0.2, -0.15) is 0 Å². The van der Waals surface area contributed by atoms with Gasteiger partial charge in [-0.3, -0.25) is 0 Å². The molecule has 0 atom stereocenters. The van der Waals surface area contributed by atoms with Crippen molar-refractivity contribution in [2.45, 2.75) is 100 Å². The smallest absolute Gasteiger partial charge is 0.338 e. The highest BCUT2D eigenvalue weighted by atomic mass is 16.5. The number of unbranched alkanes of at least 4 members (excludes halogenated alkanes) is 3. The van der Waals surface area contributed by atoms with Crippen molar-refractivity contribution in [3.05, 3.63) is 71.8 Å². The molecule has 0 radical (unpaired) electrons. The van der Waals surface area contributed by atoms with Crippen molar-refractivity contribution in [1.82, 2.24) is 0 Å². The minimum absolute atomic E-state index is 0.206. The van der Waals surface area contributed by atoms with E-state index in [9.17, 15) is 4.79 Å². The molecule has 0 amide bonds. The van der Waals surface area contributed by atoms with Crippen molar-refractivity contribution in [2.24, 2.45) is 5.92 Å². The van der Waals surface area contributed by atoms with Crippen LogP contribution in [0.4, 0.5) is 0 Å². The van der Waals surface area contributed by atoms with Crippen LogP contribution in [0.5, 0.6) is 0 Å². The van der Waals surface area contributed by atoms with E-state index in [4.69, 9.17) is 9.84 Å². The van der Waals surface area contributed by atoms with E-state index >= 15 is 0 Å². The third-order valence-corrected chi connectivity index (χ3v) is 4.83. The molecule has 0 fully saturated rings. The largest absolute Gasteiger partial charge is 0.462 e. The maximum atomic E-state index is 11.6. The van der Waals surface area contributed by atoms with Gasteiger partial charge in [0.25, 0.3) is 0 Å². The lowest BCUT2D eigenvalue weighted by Crippen LogP contribution is -2.09. The summed E-state index contributed by atoms with van der Waals surface area (Å²) in [4.78, 5) is 11.6. The van der Waals surface area contributed by atoms with Crippen molar-refractivity contribution in [3.63, 3.8) is 0 Å². The lowest BCUT2D eigenvalue weighted by atomic mass is 10.0. The quantitative estimate of drug-likeness (QED) is 0.131. The lowest BCUT2D eigenvalue weighted by Gasteiger charge is -2.08. The van der Waals surface area contributed by atoms with Crippen molar-refractivity contribution < 1.29 is 14.6 Å². The van der Waals surface area contributed by atoms with Crippen molar-refractivity contribution in [3.8, 4) is 0 Å². The molecule has 0 spiro atoms. The average Bonchev–Trinajstić information content (AvgIpc) is 2.83. The molecular weight excluding hydrogens is 420 g/mol. The van der Waals surface area contributed by atoms with Gasteiger partial charge in [0.05, 0.1) is 12.2 Å². The number of benzene rings is 1. The molecule has 0 aliphatic rings. The molecule has 0 saturated carbocycles. The van der Waals surface area contributed by atoms with E-state index in [0.29, 0.717) is 18.8 Å². The van der Waals surface area contributed by atoms with Crippen LogP contribution < -0.4 is 0 Å². The molecule has 1 rings (SSSR count). The molecule has 2 N–H and O–H groups in total. The fraction of sp³-hybridized carbons (Fsp3) is 0.581. The van der Waals surface area contributed by atoms with Gasteiger partial charge in [0, 0.05) is 6.42 Å². The number of hydrogen-bond donors (Lipinski definition) is 0. The summed E-state index contributed by atoms with van der Waals surface area (Å²) in [6.45, 7) is 24.8. The molecule has 196 valence electrons. The van der Waals surface area contributed by atoms with Gasteiger partial charge in [0.2, 0.25) is 0 Å². The molecule has 0 saturated heterocycles. The molecule has 0 aliphatic heterocycles. The third-order valence-electron chi connectivity index (χ3n) is 4.83. The molecule has 3 nitrogen and oxygen atoms in total. The van der Waals surface area contributed by atoms with Gasteiger partial charge >= 0.3 is 5.97 Å². The fourth-order valence-electron chi connectivity index (χ4n) is 2.92. The summed E-state index contributed by atoms with van der Waals surface area (Å²) in [6, 6.07) is 5.80. The van der Waals surface area contributed by atoms with Crippen molar-refractivity contribution in [2.75, 3.05) is 13.2 Å². The van der Waals surface area contributed by atoms with Gasteiger partial charge in [0.1, 0.15) is 6.61 Å². The summed E-state index contributed by atoms with van der Waals surface area (Å²) in [7, 11) is 0. The van der Waals surface area contributed by atoms with Gasteiger partial charge in [-0.1, -0.05) is 110 Å². The van der Waals surface area contributed by atoms with E-state index in [-0.39, 0.29) is 5.97 Å². The maximum absolute atomic E-state index is 11.6. The second-order valence-corrected chi connectivity index (χ2v) is 8.28. The summed E-state index contributed by atoms with van der Waals surface area (Å²) in [5, 5.41) is 6.92. The zero-order valence-electron chi connectivity index (χ0n) is 23.6. The number of carbonyl (C=O) groups excluding carboxylic acids is 1. The molecule has 0 bridgehead atoms. The van der Waals surface area contributed by atoms with Crippen LogP contribution in [0, 0.1) is 19.8 Å². The van der Waals surface area contributed by atoms with Gasteiger partial charge < -0.3 is 9.84 Å². The van der Waals surface area contributed by atoms with Crippen LogP contribution >= 0.6 is 0 Å². The second kappa shape index (κ2) is 27.1. The minimum atomic E-state index is -0.206. The standard InChI is InChI=1S/C12H16O2.C9H20O.C8H12.C2H6/c1-4-8-14-12(13)11-9(2)6-5-7-10(11)3;1-9(2)7-5-3-4-6-8-10;1-4-7-8(5-2)6-3;1-2/h5-7H,4,8H2,1-3H3;9-10H,3-8H2,1-2H3;4-5,7H,1-2,6H2,3H3;1-2H3/p+1/b;;8-7+;. The minimum Gasteiger partial charge on any atom is -0.462 e. The Morgan fingerprint density at radius 2 is 1.59 bits per heavy atom. The summed E-state index contributed by atoms with van der Waals surface area (Å²) in [5.74, 6) is 0.651. The molecule has 0 unspecified atom stereocenters. The van der Waals surface area contributed by atoms with E-state index in [1.54, 1.807) is 6.08 Å². The highest BCUT2D eigenvalue weighted by molar-refractivity contribution is 5.92. The van der Waals surface area contributed by atoms with E-state index in [0.717, 1.165) is 36.3 Å². The van der Waals surface area contributed by atoms with Gasteiger partial charge in [-0.15, -0.1) is 0 Å². The molecule has 0 aliphatic carbocycles. The Morgan fingerprint density at radius 3 is 1.97 bits per heavy atom. The zero-order chi connectivity index (χ0) is 26.8. The SMILES string of the molecule is C=C/C=C(\C=C)CC.CC.CC(C)CCCCCC[OH2+].CCCOC(=O)c1c(C)cccc1C. The molecule has 0 heterocycles. The van der Waals surface area contributed by atoms with Crippen LogP contribution in [0.1, 0.15) is 108 Å². The van der Waals surface area contributed by atoms with E-state index in [2.05, 4.69) is 33.9 Å². The first kappa shape index (κ1) is 36.4. The summed E-state index contributed by atoms with van der Waals surface area (Å²) in [6.07, 6.45) is 13.9. The first-order chi connectivity index (χ1) is 16.3. The zero-order valence-corrected chi connectivity index (χ0v) is 23.6. The Labute approximate surface area is 212 Å². The van der Waals surface area contributed by atoms with Crippen LogP contribution in [0.15, 0.2) is 55.2 Å². The molecular formula is C31H55O3+. The third kappa shape index (κ3) is 21.7. The topological polar surface area (TPSA) is 49.2 Å². The summed E-state index contributed by atoms with van der Waals surface area (Å²) < 4.78 is 5.10. The Balaban J connectivity index is -0.000000426. The molecule has 3 heteroatoms. The molecule has 34 heavy (non-hydrogen) atoms. The molecule has 0 aromatic heterocycles. The number of hydrogen-bond acceptors (Lipinski definition) is 2. The Hall–Kier alpha value is -2.13. The Bertz CT molecular complexity index is 636. The van der Waals surface area contributed by atoms with Crippen LogP contribution in [-0.4, -0.2) is 24.3 Å².